The molecule has 19 heavy (non-hydrogen) atoms. The van der Waals surface area contributed by atoms with E-state index in [1.54, 1.807) is 7.11 Å². The Morgan fingerprint density at radius 1 is 1.16 bits per heavy atom. The molecule has 0 aromatic carbocycles. The number of nitrogens with zero attached hydrogens (tertiary/aromatic N) is 4. The Bertz CT molecular complexity index is 388. The molecule has 0 fully saturated rings. The second-order valence-electron chi connectivity index (χ2n) is 4.05. The molecule has 6 nitrogen and oxygen atoms in total. The predicted molar refractivity (Wildman–Crippen MR) is 75.0 cm³/mol. The number of methoxy groups -OCH3 is 2. The van der Waals surface area contributed by atoms with Gasteiger partial charge in [-0.3, -0.25) is 0 Å². The number of rotatable bonds is 8. The van der Waals surface area contributed by atoms with Crippen LogP contribution in [0.2, 0.25) is 5.28 Å². The van der Waals surface area contributed by atoms with Crippen molar-refractivity contribution in [1.82, 2.24) is 15.0 Å². The summed E-state index contributed by atoms with van der Waals surface area (Å²) in [4.78, 5) is 14.4. The highest BCUT2D eigenvalue weighted by Crippen LogP contribution is 2.19. The highest BCUT2D eigenvalue weighted by molar-refractivity contribution is 6.28. The first kappa shape index (κ1) is 15.9. The zero-order valence-corrected chi connectivity index (χ0v) is 12.6. The highest BCUT2D eigenvalue weighted by atomic mass is 35.5. The third kappa shape index (κ3) is 4.47. The van der Waals surface area contributed by atoms with E-state index in [4.69, 9.17) is 21.1 Å². The number of aromatic nitrogens is 3. The maximum absolute atomic E-state index is 5.90. The van der Waals surface area contributed by atoms with Crippen molar-refractivity contribution in [1.29, 1.82) is 0 Å². The molecule has 0 atom stereocenters. The predicted octanol–water partition coefficient (Wildman–Crippen LogP) is 2.17. The Morgan fingerprint density at radius 3 is 2.37 bits per heavy atom. The molecule has 108 valence electrons. The van der Waals surface area contributed by atoms with Gasteiger partial charge in [-0.25, -0.2) is 0 Å². The van der Waals surface area contributed by atoms with Crippen LogP contribution < -0.4 is 9.64 Å². The van der Waals surface area contributed by atoms with Crippen molar-refractivity contribution >= 4 is 17.5 Å². The average Bonchev–Trinajstić information content (AvgIpc) is 2.42. The lowest BCUT2D eigenvalue weighted by Gasteiger charge is -2.30. The average molecular weight is 289 g/mol. The molecule has 0 N–H and O–H groups in total. The van der Waals surface area contributed by atoms with Crippen LogP contribution in [0.4, 0.5) is 5.95 Å². The Labute approximate surface area is 119 Å². The first-order chi connectivity index (χ1) is 9.15. The van der Waals surface area contributed by atoms with Crippen LogP contribution in [0.1, 0.15) is 26.7 Å². The van der Waals surface area contributed by atoms with Crippen LogP contribution in [0.15, 0.2) is 0 Å². The Hall–Kier alpha value is -1.14. The summed E-state index contributed by atoms with van der Waals surface area (Å²) >= 11 is 5.90. The van der Waals surface area contributed by atoms with Gasteiger partial charge in [-0.05, 0) is 24.4 Å². The van der Waals surface area contributed by atoms with Crippen molar-refractivity contribution in [2.45, 2.75) is 32.7 Å². The fraction of sp³-hybridized carbons (Fsp3) is 0.750. The summed E-state index contributed by atoms with van der Waals surface area (Å²) in [5, 5.41) is 0.134. The minimum absolute atomic E-state index is 0.134. The third-order valence-corrected chi connectivity index (χ3v) is 3.10. The van der Waals surface area contributed by atoms with Crippen molar-refractivity contribution in [3.8, 4) is 6.01 Å². The van der Waals surface area contributed by atoms with Crippen LogP contribution in [0.25, 0.3) is 0 Å². The van der Waals surface area contributed by atoms with Gasteiger partial charge in [-0.1, -0.05) is 13.8 Å². The number of anilines is 1. The molecule has 0 unspecified atom stereocenters. The van der Waals surface area contributed by atoms with Gasteiger partial charge in [0, 0.05) is 19.7 Å². The van der Waals surface area contributed by atoms with Gasteiger partial charge in [-0.15, -0.1) is 0 Å². The molecule has 7 heteroatoms. The second kappa shape index (κ2) is 8.12. The van der Waals surface area contributed by atoms with Gasteiger partial charge in [0.25, 0.3) is 0 Å². The number of hydrogen-bond acceptors (Lipinski definition) is 6. The Balaban J connectivity index is 3.04. The first-order valence-electron chi connectivity index (χ1n) is 6.37. The smallest absolute Gasteiger partial charge is 0.322 e. The Morgan fingerprint density at radius 2 is 1.84 bits per heavy atom. The molecule has 0 aliphatic heterocycles. The summed E-state index contributed by atoms with van der Waals surface area (Å²) in [6, 6.07) is 0.557. The topological polar surface area (TPSA) is 60.4 Å². The van der Waals surface area contributed by atoms with E-state index in [-0.39, 0.29) is 11.3 Å². The van der Waals surface area contributed by atoms with Gasteiger partial charge in [0.1, 0.15) is 0 Å². The van der Waals surface area contributed by atoms with Crippen LogP contribution >= 0.6 is 11.6 Å². The molecular weight excluding hydrogens is 268 g/mol. The van der Waals surface area contributed by atoms with Gasteiger partial charge in [0.05, 0.1) is 13.7 Å². The Kier molecular flexibility index (Phi) is 6.80. The molecule has 1 heterocycles. The van der Waals surface area contributed by atoms with E-state index < -0.39 is 0 Å². The van der Waals surface area contributed by atoms with Gasteiger partial charge < -0.3 is 14.4 Å². The summed E-state index contributed by atoms with van der Waals surface area (Å²) in [7, 11) is 3.18. The van der Waals surface area contributed by atoms with Crippen molar-refractivity contribution in [3.63, 3.8) is 0 Å². The molecule has 0 amide bonds. The van der Waals surface area contributed by atoms with E-state index in [2.05, 4.69) is 33.7 Å². The molecule has 0 spiro atoms. The van der Waals surface area contributed by atoms with Crippen molar-refractivity contribution in [2.24, 2.45) is 0 Å². The SMILES string of the molecule is CCC(CC)N(CCOC)c1nc(Cl)nc(OC)n1. The highest BCUT2D eigenvalue weighted by Gasteiger charge is 2.20. The van der Waals surface area contributed by atoms with Crippen LogP contribution in [0.5, 0.6) is 6.01 Å². The lowest BCUT2D eigenvalue weighted by molar-refractivity contribution is 0.202. The van der Waals surface area contributed by atoms with E-state index in [0.717, 1.165) is 12.8 Å². The monoisotopic (exact) mass is 288 g/mol. The zero-order valence-electron chi connectivity index (χ0n) is 11.9. The lowest BCUT2D eigenvalue weighted by atomic mass is 10.1. The maximum atomic E-state index is 5.90. The normalized spacial score (nSPS) is 10.8. The van der Waals surface area contributed by atoms with Crippen LogP contribution in [0, 0.1) is 0 Å². The quantitative estimate of drug-likeness (QED) is 0.731. The minimum atomic E-state index is 0.134. The summed E-state index contributed by atoms with van der Waals surface area (Å²) in [5.74, 6) is 0.530. The summed E-state index contributed by atoms with van der Waals surface area (Å²) < 4.78 is 10.2. The van der Waals surface area contributed by atoms with Gasteiger partial charge in [0.2, 0.25) is 11.2 Å². The number of halogens is 1. The van der Waals surface area contributed by atoms with Crippen molar-refractivity contribution in [3.05, 3.63) is 5.28 Å². The molecular formula is C12H21ClN4O2. The number of hydrogen-bond donors (Lipinski definition) is 0. The summed E-state index contributed by atoms with van der Waals surface area (Å²) in [6.07, 6.45) is 1.98. The molecule has 1 aromatic heterocycles. The molecule has 0 bridgehead atoms. The van der Waals surface area contributed by atoms with Crippen LogP contribution in [0.3, 0.4) is 0 Å². The first-order valence-corrected chi connectivity index (χ1v) is 6.75. The lowest BCUT2D eigenvalue weighted by Crippen LogP contribution is -2.38. The minimum Gasteiger partial charge on any atom is -0.467 e. The molecule has 1 rings (SSSR count). The van der Waals surface area contributed by atoms with Crippen molar-refractivity contribution < 1.29 is 9.47 Å². The molecule has 0 saturated heterocycles. The second-order valence-corrected chi connectivity index (χ2v) is 4.39. The zero-order chi connectivity index (χ0) is 14.3. The van der Waals surface area contributed by atoms with Crippen LogP contribution in [-0.4, -0.2) is 48.4 Å². The van der Waals surface area contributed by atoms with Gasteiger partial charge >= 0.3 is 6.01 Å². The number of ether oxygens (including phenoxy) is 2. The van der Waals surface area contributed by atoms with E-state index in [9.17, 15) is 0 Å². The third-order valence-electron chi connectivity index (χ3n) is 2.93. The van der Waals surface area contributed by atoms with E-state index in [1.807, 2.05) is 0 Å². The summed E-state index contributed by atoms with van der Waals surface area (Å²) in [6.45, 7) is 5.57. The van der Waals surface area contributed by atoms with Crippen LogP contribution in [-0.2, 0) is 4.74 Å². The fourth-order valence-corrected chi connectivity index (χ4v) is 2.05. The molecule has 1 aromatic rings. The molecule has 0 aliphatic carbocycles. The maximum Gasteiger partial charge on any atom is 0.322 e. The summed E-state index contributed by atoms with van der Waals surface area (Å²) in [5.41, 5.74) is 0. The van der Waals surface area contributed by atoms with Gasteiger partial charge in [0.15, 0.2) is 0 Å². The van der Waals surface area contributed by atoms with Crippen molar-refractivity contribution in [2.75, 3.05) is 32.3 Å². The largest absolute Gasteiger partial charge is 0.467 e. The molecule has 0 radical (unpaired) electrons. The standard InChI is InChI=1S/C12H21ClN4O2/c1-5-9(6-2)17(7-8-18-3)11-14-10(13)15-12(16-11)19-4/h9H,5-8H2,1-4H3. The fourth-order valence-electron chi connectivity index (χ4n) is 1.91. The molecule has 0 aliphatic rings. The van der Waals surface area contributed by atoms with Gasteiger partial charge in [-0.2, -0.15) is 15.0 Å². The van der Waals surface area contributed by atoms with E-state index in [0.29, 0.717) is 25.1 Å². The van der Waals surface area contributed by atoms with E-state index >= 15 is 0 Å². The molecule has 0 saturated carbocycles. The van der Waals surface area contributed by atoms with E-state index in [1.165, 1.54) is 7.11 Å².